The molecule has 43 heavy (non-hydrogen) atoms. The maximum absolute atomic E-state index is 14.3. The van der Waals surface area contributed by atoms with Crippen molar-refractivity contribution < 1.29 is 27.8 Å². The van der Waals surface area contributed by atoms with E-state index < -0.39 is 24.3 Å². The van der Waals surface area contributed by atoms with Crippen molar-refractivity contribution in [1.82, 2.24) is 25.1 Å². The maximum atomic E-state index is 14.3. The van der Waals surface area contributed by atoms with Crippen LogP contribution in [0.2, 0.25) is 0 Å². The molecule has 2 aliphatic heterocycles. The Bertz CT molecular complexity index is 1660. The van der Waals surface area contributed by atoms with Crippen molar-refractivity contribution in [2.45, 2.75) is 44.5 Å². The molecule has 0 amide bonds. The summed E-state index contributed by atoms with van der Waals surface area (Å²) in [6, 6.07) is 12.7. The van der Waals surface area contributed by atoms with Crippen LogP contribution in [0.25, 0.3) is 22.0 Å². The Morgan fingerprint density at radius 2 is 1.81 bits per heavy atom. The molecule has 2 atom stereocenters. The van der Waals surface area contributed by atoms with Gasteiger partial charge in [0.1, 0.15) is 11.9 Å². The van der Waals surface area contributed by atoms with Crippen molar-refractivity contribution in [2.24, 2.45) is 12.5 Å². The third kappa shape index (κ3) is 5.68. The van der Waals surface area contributed by atoms with Crippen LogP contribution in [0.15, 0.2) is 48.5 Å². The van der Waals surface area contributed by atoms with Gasteiger partial charge in [-0.3, -0.25) is 9.48 Å². The van der Waals surface area contributed by atoms with Gasteiger partial charge in [0.25, 0.3) is 0 Å². The van der Waals surface area contributed by atoms with E-state index in [0.29, 0.717) is 44.7 Å². The van der Waals surface area contributed by atoms with Crippen molar-refractivity contribution >= 4 is 28.6 Å². The van der Waals surface area contributed by atoms with E-state index in [-0.39, 0.29) is 22.8 Å². The van der Waals surface area contributed by atoms with E-state index in [1.807, 2.05) is 37.1 Å². The largest absolute Gasteiger partial charge is 0.480 e. The van der Waals surface area contributed by atoms with Crippen LogP contribution >= 0.6 is 0 Å². The highest BCUT2D eigenvalue weighted by atomic mass is 19.4. The smallest absolute Gasteiger partial charge is 0.429 e. The van der Waals surface area contributed by atoms with E-state index in [1.165, 1.54) is 18.2 Å². The fraction of sp³-hybridized carbons (Fsp3) is 0.400. The number of nitrogens with one attached hydrogen (secondary N) is 1. The standard InChI is InChI=1S/C30H32F3N7O3/c1-17-21-13-20(7-8-23(21)39(2)38-17)18-3-5-19(6-4-18)26(30(31,32)33)43-25-14-24(36-28(34)37-25)40-11-9-29(10-12-40)15-22(27(41)42)35-16-29/h3-8,13-14,22,26,35H,9-12,15-16H2,1-2H3,(H,41,42)(H2,34,36,37)/t22?,26-/m1/s1. The molecule has 0 bridgehead atoms. The van der Waals surface area contributed by atoms with E-state index in [0.717, 1.165) is 27.7 Å². The Morgan fingerprint density at radius 3 is 2.47 bits per heavy atom. The summed E-state index contributed by atoms with van der Waals surface area (Å²) in [5.74, 6) is -0.964. The average Bonchev–Trinajstić information content (AvgIpc) is 3.51. The molecule has 2 aliphatic rings. The highest BCUT2D eigenvalue weighted by Gasteiger charge is 2.45. The molecule has 0 radical (unpaired) electrons. The molecule has 4 aromatic rings. The normalized spacial score (nSPS) is 19.2. The lowest BCUT2D eigenvalue weighted by atomic mass is 9.76. The third-order valence-corrected chi connectivity index (χ3v) is 8.63. The number of aliphatic carboxylic acids is 1. The fourth-order valence-corrected chi connectivity index (χ4v) is 6.25. The first-order valence-electron chi connectivity index (χ1n) is 14.0. The number of carbonyl (C=O) groups is 1. The predicted molar refractivity (Wildman–Crippen MR) is 155 cm³/mol. The first-order valence-corrected chi connectivity index (χ1v) is 14.0. The lowest BCUT2D eigenvalue weighted by Gasteiger charge is -2.39. The number of hydrogen-bond acceptors (Lipinski definition) is 8. The van der Waals surface area contributed by atoms with Gasteiger partial charge in [-0.25, -0.2) is 0 Å². The minimum Gasteiger partial charge on any atom is -0.480 e. The number of aryl methyl sites for hydroxylation is 2. The van der Waals surface area contributed by atoms with Crippen molar-refractivity contribution in [2.75, 3.05) is 30.3 Å². The number of rotatable bonds is 6. The van der Waals surface area contributed by atoms with Crippen LogP contribution in [0.1, 0.15) is 36.6 Å². The van der Waals surface area contributed by atoms with Crippen LogP contribution in [0.3, 0.4) is 0 Å². The topological polar surface area (TPSA) is 131 Å². The summed E-state index contributed by atoms with van der Waals surface area (Å²) < 4.78 is 50.1. The van der Waals surface area contributed by atoms with Gasteiger partial charge in [-0.2, -0.15) is 28.2 Å². The molecule has 4 N–H and O–H groups in total. The van der Waals surface area contributed by atoms with Crippen molar-refractivity contribution in [3.05, 3.63) is 59.8 Å². The van der Waals surface area contributed by atoms with Crippen molar-refractivity contribution in [3.8, 4) is 17.0 Å². The summed E-state index contributed by atoms with van der Waals surface area (Å²) >= 11 is 0. The third-order valence-electron chi connectivity index (χ3n) is 8.63. The van der Waals surface area contributed by atoms with Gasteiger partial charge >= 0.3 is 12.1 Å². The number of halogens is 3. The lowest BCUT2D eigenvalue weighted by molar-refractivity contribution is -0.198. The summed E-state index contributed by atoms with van der Waals surface area (Å²) in [6.45, 7) is 3.63. The Morgan fingerprint density at radius 1 is 1.12 bits per heavy atom. The van der Waals surface area contributed by atoms with Crippen LogP contribution in [-0.4, -0.2) is 62.7 Å². The highest BCUT2D eigenvalue weighted by molar-refractivity contribution is 5.87. The summed E-state index contributed by atoms with van der Waals surface area (Å²) in [7, 11) is 1.86. The fourth-order valence-electron chi connectivity index (χ4n) is 6.25. The second kappa shape index (κ2) is 10.7. The molecule has 0 saturated carbocycles. The van der Waals surface area contributed by atoms with Gasteiger partial charge in [0.2, 0.25) is 17.9 Å². The number of carboxylic acid groups (broad SMARTS) is 1. The number of nitrogen functional groups attached to an aromatic ring is 1. The molecule has 2 saturated heterocycles. The Kier molecular flexibility index (Phi) is 7.15. The first kappa shape index (κ1) is 28.7. The van der Waals surface area contributed by atoms with E-state index in [2.05, 4.69) is 20.4 Å². The number of anilines is 2. The van der Waals surface area contributed by atoms with Crippen LogP contribution in [0.4, 0.5) is 24.9 Å². The van der Waals surface area contributed by atoms with E-state index in [4.69, 9.17) is 10.5 Å². The molecule has 6 rings (SSSR count). The van der Waals surface area contributed by atoms with Crippen LogP contribution in [-0.2, 0) is 11.8 Å². The zero-order valence-corrected chi connectivity index (χ0v) is 23.7. The Labute approximate surface area is 245 Å². The van der Waals surface area contributed by atoms with Gasteiger partial charge in [0.05, 0.1) is 11.2 Å². The Balaban J connectivity index is 1.20. The van der Waals surface area contributed by atoms with Gasteiger partial charge in [-0.1, -0.05) is 30.3 Å². The number of piperidine rings is 1. The predicted octanol–water partition coefficient (Wildman–Crippen LogP) is 4.64. The second-order valence-corrected chi connectivity index (χ2v) is 11.5. The zero-order valence-electron chi connectivity index (χ0n) is 23.7. The molecule has 13 heteroatoms. The summed E-state index contributed by atoms with van der Waals surface area (Å²) in [5.41, 5.74) is 9.16. The van der Waals surface area contributed by atoms with E-state index in [1.54, 1.807) is 16.8 Å². The molecule has 10 nitrogen and oxygen atoms in total. The number of ether oxygens (including phenoxy) is 1. The molecule has 4 heterocycles. The van der Waals surface area contributed by atoms with E-state index >= 15 is 0 Å². The van der Waals surface area contributed by atoms with Gasteiger partial charge in [0, 0.05) is 43.7 Å². The number of fused-ring (bicyclic) bond motifs is 1. The monoisotopic (exact) mass is 595 g/mol. The molecular formula is C30H32F3N7O3. The number of carboxylic acids is 1. The quantitative estimate of drug-likeness (QED) is 0.292. The SMILES string of the molecule is Cc1nn(C)c2ccc(-c3ccc([C@@H](Oc4cc(N5CCC6(CC5)CNC(C(=O)O)C6)nc(N)n4)C(F)(F)F)cc3)cc12. The van der Waals surface area contributed by atoms with Gasteiger partial charge in [-0.15, -0.1) is 0 Å². The molecular weight excluding hydrogens is 563 g/mol. The summed E-state index contributed by atoms with van der Waals surface area (Å²) in [4.78, 5) is 21.5. The molecule has 1 unspecified atom stereocenters. The minimum atomic E-state index is -4.72. The highest BCUT2D eigenvalue weighted by Crippen LogP contribution is 2.41. The molecule has 2 aromatic heterocycles. The van der Waals surface area contributed by atoms with E-state index in [9.17, 15) is 23.1 Å². The number of aromatic nitrogens is 4. The summed E-state index contributed by atoms with van der Waals surface area (Å²) in [6.07, 6.45) is -5.02. The number of hydrogen-bond donors (Lipinski definition) is 3. The second-order valence-electron chi connectivity index (χ2n) is 11.5. The molecule has 226 valence electrons. The number of nitrogens with two attached hydrogens (primary N) is 1. The van der Waals surface area contributed by atoms with Crippen molar-refractivity contribution in [3.63, 3.8) is 0 Å². The first-order chi connectivity index (χ1) is 20.4. The minimum absolute atomic E-state index is 0.0738. The van der Waals surface area contributed by atoms with Gasteiger partial charge < -0.3 is 25.8 Å². The number of alkyl halides is 3. The molecule has 2 fully saturated rings. The van der Waals surface area contributed by atoms with Crippen LogP contribution < -0.4 is 20.7 Å². The van der Waals surface area contributed by atoms with Gasteiger partial charge in [0.15, 0.2) is 0 Å². The van der Waals surface area contributed by atoms with Crippen molar-refractivity contribution in [1.29, 1.82) is 0 Å². The van der Waals surface area contributed by atoms with Gasteiger partial charge in [-0.05, 0) is 54.9 Å². The Hall–Kier alpha value is -4.39. The molecule has 2 aromatic carbocycles. The lowest BCUT2D eigenvalue weighted by Crippen LogP contribution is -2.41. The maximum Gasteiger partial charge on any atom is 0.429 e. The van der Waals surface area contributed by atoms with Crippen LogP contribution in [0, 0.1) is 12.3 Å². The molecule has 0 aliphatic carbocycles. The number of nitrogens with zero attached hydrogens (tertiary/aromatic N) is 5. The average molecular weight is 596 g/mol. The zero-order chi connectivity index (χ0) is 30.5. The molecule has 1 spiro atoms. The summed E-state index contributed by atoms with van der Waals surface area (Å²) in [5, 5.41) is 17.8. The number of benzene rings is 2. The van der Waals surface area contributed by atoms with Crippen LogP contribution in [0.5, 0.6) is 5.88 Å².